The maximum atomic E-state index is 11.8. The summed E-state index contributed by atoms with van der Waals surface area (Å²) >= 11 is 4.06. The minimum absolute atomic E-state index is 0.145. The molecule has 1 atom stereocenters. The first-order valence-corrected chi connectivity index (χ1v) is 7.41. The van der Waals surface area contributed by atoms with Gasteiger partial charge in [0.15, 0.2) is 0 Å². The summed E-state index contributed by atoms with van der Waals surface area (Å²) in [6.07, 6.45) is 1.98. The van der Waals surface area contributed by atoms with Gasteiger partial charge >= 0.3 is 5.97 Å². The highest BCUT2D eigenvalue weighted by atomic mass is 32.1. The largest absolute Gasteiger partial charge is 0.464 e. The minimum Gasteiger partial charge on any atom is -0.464 e. The van der Waals surface area contributed by atoms with Crippen LogP contribution >= 0.6 is 12.6 Å². The van der Waals surface area contributed by atoms with Crippen molar-refractivity contribution in [3.05, 3.63) is 35.9 Å². The minimum atomic E-state index is -0.664. The van der Waals surface area contributed by atoms with Gasteiger partial charge in [-0.05, 0) is 25.3 Å². The topological polar surface area (TPSA) is 55.4 Å². The van der Waals surface area contributed by atoms with Crippen LogP contribution in [0.25, 0.3) is 0 Å². The van der Waals surface area contributed by atoms with Crippen LogP contribution in [-0.2, 0) is 20.7 Å². The summed E-state index contributed by atoms with van der Waals surface area (Å²) in [7, 11) is 0. The van der Waals surface area contributed by atoms with Crippen molar-refractivity contribution >= 4 is 24.5 Å². The van der Waals surface area contributed by atoms with Gasteiger partial charge in [0.2, 0.25) is 5.91 Å². The van der Waals surface area contributed by atoms with Crippen molar-refractivity contribution in [1.82, 2.24) is 5.32 Å². The van der Waals surface area contributed by atoms with E-state index >= 15 is 0 Å². The number of carbonyl (C=O) groups excluding carboxylic acids is 2. The molecule has 5 heteroatoms. The molecule has 0 heterocycles. The molecule has 0 saturated heterocycles. The van der Waals surface area contributed by atoms with E-state index in [1.807, 2.05) is 30.3 Å². The number of esters is 1. The average Bonchev–Trinajstić information content (AvgIpc) is 2.46. The Morgan fingerprint density at radius 3 is 2.60 bits per heavy atom. The fraction of sp³-hybridized carbons (Fsp3) is 0.467. The summed E-state index contributed by atoms with van der Waals surface area (Å²) in [6.45, 7) is 2.03. The van der Waals surface area contributed by atoms with Crippen LogP contribution in [-0.4, -0.2) is 30.3 Å². The number of carbonyl (C=O) groups is 2. The van der Waals surface area contributed by atoms with Crippen LogP contribution in [0.4, 0.5) is 0 Å². The fourth-order valence-electron chi connectivity index (χ4n) is 1.79. The fourth-order valence-corrected chi connectivity index (χ4v) is 2.03. The molecule has 0 aliphatic carbocycles. The Balaban J connectivity index is 2.30. The Kier molecular flexibility index (Phi) is 7.80. The van der Waals surface area contributed by atoms with E-state index in [4.69, 9.17) is 4.74 Å². The first kappa shape index (κ1) is 16.6. The van der Waals surface area contributed by atoms with Gasteiger partial charge in [-0.25, -0.2) is 4.79 Å². The van der Waals surface area contributed by atoms with Gasteiger partial charge in [-0.1, -0.05) is 30.3 Å². The predicted octanol–water partition coefficient (Wildman–Crippen LogP) is 1.99. The molecular formula is C15H21NO3S. The lowest BCUT2D eigenvalue weighted by atomic mass is 10.1. The number of hydrogen-bond donors (Lipinski definition) is 2. The molecule has 1 N–H and O–H groups in total. The van der Waals surface area contributed by atoms with E-state index in [1.54, 1.807) is 6.92 Å². The molecule has 0 bridgehead atoms. The predicted molar refractivity (Wildman–Crippen MR) is 81.8 cm³/mol. The van der Waals surface area contributed by atoms with Crippen molar-refractivity contribution in [2.24, 2.45) is 0 Å². The molecule has 0 unspecified atom stereocenters. The molecule has 1 aromatic rings. The summed E-state index contributed by atoms with van der Waals surface area (Å²) in [6, 6.07) is 9.33. The number of hydrogen-bond acceptors (Lipinski definition) is 4. The van der Waals surface area contributed by atoms with E-state index < -0.39 is 12.0 Å². The van der Waals surface area contributed by atoms with Gasteiger partial charge in [0.05, 0.1) is 6.61 Å². The second-order valence-corrected chi connectivity index (χ2v) is 4.76. The molecule has 0 aliphatic heterocycles. The summed E-state index contributed by atoms with van der Waals surface area (Å²) in [4.78, 5) is 23.3. The molecule has 1 amide bonds. The van der Waals surface area contributed by atoms with Gasteiger partial charge < -0.3 is 10.1 Å². The van der Waals surface area contributed by atoms with E-state index in [0.717, 1.165) is 12.8 Å². The first-order chi connectivity index (χ1) is 9.67. The van der Waals surface area contributed by atoms with E-state index in [1.165, 1.54) is 5.56 Å². The number of benzene rings is 1. The maximum absolute atomic E-state index is 11.8. The second-order valence-electron chi connectivity index (χ2n) is 4.39. The lowest BCUT2D eigenvalue weighted by Crippen LogP contribution is -2.43. The molecule has 4 nitrogen and oxygen atoms in total. The van der Waals surface area contributed by atoms with Crippen LogP contribution in [0.3, 0.4) is 0 Å². The van der Waals surface area contributed by atoms with Gasteiger partial charge in [0.1, 0.15) is 6.04 Å². The summed E-state index contributed by atoms with van der Waals surface area (Å²) in [5.74, 6) is -0.338. The molecule has 110 valence electrons. The number of amides is 1. The monoisotopic (exact) mass is 295 g/mol. The molecule has 0 saturated carbocycles. The Labute approximate surface area is 125 Å². The Bertz CT molecular complexity index is 422. The summed E-state index contributed by atoms with van der Waals surface area (Å²) in [5.41, 5.74) is 1.21. The molecule has 1 rings (SSSR count). The van der Waals surface area contributed by atoms with Crippen molar-refractivity contribution in [1.29, 1.82) is 0 Å². The van der Waals surface area contributed by atoms with Crippen LogP contribution in [0.15, 0.2) is 30.3 Å². The van der Waals surface area contributed by atoms with Crippen molar-refractivity contribution < 1.29 is 14.3 Å². The first-order valence-electron chi connectivity index (χ1n) is 6.78. The molecule has 0 fully saturated rings. The maximum Gasteiger partial charge on any atom is 0.329 e. The van der Waals surface area contributed by atoms with Crippen molar-refractivity contribution in [3.63, 3.8) is 0 Å². The van der Waals surface area contributed by atoms with Crippen LogP contribution in [0, 0.1) is 0 Å². The standard InChI is InChI=1S/C15H21NO3S/c1-2-19-15(18)13(11-20)16-14(17)10-6-9-12-7-4-3-5-8-12/h3-5,7-8,13,20H,2,6,9-11H2,1H3,(H,16,17)/t13-/m0/s1. The third-order valence-corrected chi connectivity index (χ3v) is 3.17. The SMILES string of the molecule is CCOC(=O)[C@H](CS)NC(=O)CCCc1ccccc1. The lowest BCUT2D eigenvalue weighted by molar-refractivity contribution is -0.146. The quantitative estimate of drug-likeness (QED) is 0.569. The highest BCUT2D eigenvalue weighted by Gasteiger charge is 2.19. The van der Waals surface area contributed by atoms with Gasteiger partial charge in [0, 0.05) is 12.2 Å². The smallest absolute Gasteiger partial charge is 0.329 e. The van der Waals surface area contributed by atoms with Gasteiger partial charge in [-0.3, -0.25) is 4.79 Å². The van der Waals surface area contributed by atoms with Crippen molar-refractivity contribution in [2.75, 3.05) is 12.4 Å². The van der Waals surface area contributed by atoms with Crippen LogP contribution < -0.4 is 5.32 Å². The van der Waals surface area contributed by atoms with E-state index in [0.29, 0.717) is 13.0 Å². The van der Waals surface area contributed by atoms with Crippen LogP contribution in [0.1, 0.15) is 25.3 Å². The number of aryl methyl sites for hydroxylation is 1. The number of ether oxygens (including phenoxy) is 1. The number of nitrogens with one attached hydrogen (secondary N) is 1. The zero-order valence-electron chi connectivity index (χ0n) is 11.7. The normalized spacial score (nSPS) is 11.7. The average molecular weight is 295 g/mol. The summed E-state index contributed by atoms with van der Waals surface area (Å²) < 4.78 is 4.87. The second kappa shape index (κ2) is 9.42. The van der Waals surface area contributed by atoms with E-state index in [9.17, 15) is 9.59 Å². The molecule has 0 aromatic heterocycles. The molecule has 0 spiro atoms. The van der Waals surface area contributed by atoms with Crippen LogP contribution in [0.2, 0.25) is 0 Å². The zero-order chi connectivity index (χ0) is 14.8. The molecule has 0 radical (unpaired) electrons. The van der Waals surface area contributed by atoms with Gasteiger partial charge in [-0.2, -0.15) is 12.6 Å². The highest BCUT2D eigenvalue weighted by Crippen LogP contribution is 2.04. The molecule has 20 heavy (non-hydrogen) atoms. The van der Waals surface area contributed by atoms with Crippen molar-refractivity contribution in [2.45, 2.75) is 32.2 Å². The van der Waals surface area contributed by atoms with Gasteiger partial charge in [0.25, 0.3) is 0 Å². The van der Waals surface area contributed by atoms with Crippen molar-refractivity contribution in [3.8, 4) is 0 Å². The molecule has 0 aliphatic rings. The third-order valence-electron chi connectivity index (χ3n) is 2.80. The molecule has 1 aromatic carbocycles. The highest BCUT2D eigenvalue weighted by molar-refractivity contribution is 7.80. The number of rotatable bonds is 8. The summed E-state index contributed by atoms with van der Waals surface area (Å²) in [5, 5.41) is 2.65. The third kappa shape index (κ3) is 6.10. The Morgan fingerprint density at radius 1 is 1.30 bits per heavy atom. The Hall–Kier alpha value is -1.49. The van der Waals surface area contributed by atoms with Gasteiger partial charge in [-0.15, -0.1) is 0 Å². The van der Waals surface area contributed by atoms with E-state index in [2.05, 4.69) is 17.9 Å². The van der Waals surface area contributed by atoms with Crippen LogP contribution in [0.5, 0.6) is 0 Å². The zero-order valence-corrected chi connectivity index (χ0v) is 12.6. The molecular weight excluding hydrogens is 274 g/mol. The number of thiol groups is 1. The lowest BCUT2D eigenvalue weighted by Gasteiger charge is -2.14. The van der Waals surface area contributed by atoms with E-state index in [-0.39, 0.29) is 11.7 Å². The Morgan fingerprint density at radius 2 is 2.00 bits per heavy atom.